The number of carbonyl (C=O) groups excluding carboxylic acids is 2. The molecule has 5 fully saturated rings. The minimum atomic E-state index is -3.49. The van der Waals surface area contributed by atoms with Gasteiger partial charge < -0.3 is 4.74 Å². The lowest BCUT2D eigenvalue weighted by atomic mass is 9.94. The highest BCUT2D eigenvalue weighted by atomic mass is 32.2. The van der Waals surface area contributed by atoms with Gasteiger partial charge in [0, 0.05) is 17.8 Å². The molecule has 0 aromatic carbocycles. The smallest absolute Gasteiger partial charge is 0.316 e. The number of esters is 1. The van der Waals surface area contributed by atoms with Gasteiger partial charge in [0.15, 0.2) is 5.12 Å². The molecule has 2 bridgehead atoms. The van der Waals surface area contributed by atoms with Crippen LogP contribution in [-0.4, -0.2) is 42.7 Å². The average Bonchev–Trinajstić information content (AvgIpc) is 2.95. The summed E-state index contributed by atoms with van der Waals surface area (Å²) >= 11 is 1.04. The fourth-order valence-electron chi connectivity index (χ4n) is 5.71. The quantitative estimate of drug-likeness (QED) is 0.544. The molecule has 24 heavy (non-hydrogen) atoms. The lowest BCUT2D eigenvalue weighted by Gasteiger charge is -2.24. The monoisotopic (exact) mass is 372 g/mol. The summed E-state index contributed by atoms with van der Waals surface area (Å²) < 4.78 is 34.5. The normalized spacial score (nSPS) is 54.4. The van der Waals surface area contributed by atoms with E-state index in [1.807, 2.05) is 0 Å². The van der Waals surface area contributed by atoms with E-state index in [0.29, 0.717) is 6.42 Å². The van der Waals surface area contributed by atoms with Gasteiger partial charge in [0.05, 0.1) is 11.0 Å². The van der Waals surface area contributed by atoms with Crippen LogP contribution in [0.15, 0.2) is 0 Å². The molecule has 4 aliphatic carbocycles. The Balaban J connectivity index is 1.17. The molecular formula is C16H20O6S2. The summed E-state index contributed by atoms with van der Waals surface area (Å²) in [6.07, 6.45) is 1.37. The van der Waals surface area contributed by atoms with Gasteiger partial charge in [-0.25, -0.2) is 0 Å². The maximum atomic E-state index is 12.2. The summed E-state index contributed by atoms with van der Waals surface area (Å²) in [7, 11) is -3.49. The molecule has 7 atom stereocenters. The molecule has 0 aromatic heterocycles. The highest BCUT2D eigenvalue weighted by Crippen LogP contribution is 2.90. The molecule has 0 N–H and O–H groups in total. The molecule has 0 radical (unpaired) electrons. The Bertz CT molecular complexity index is 749. The molecular weight excluding hydrogens is 352 g/mol. The van der Waals surface area contributed by atoms with Crippen molar-refractivity contribution in [3.05, 3.63) is 0 Å². The van der Waals surface area contributed by atoms with Crippen LogP contribution >= 0.6 is 11.8 Å². The number of thioether (sulfide) groups is 1. The topological polar surface area (TPSA) is 86.7 Å². The lowest BCUT2D eigenvalue weighted by Crippen LogP contribution is -2.37. The Morgan fingerprint density at radius 1 is 1.25 bits per heavy atom. The largest absolute Gasteiger partial charge is 0.459 e. The molecule has 132 valence electrons. The van der Waals surface area contributed by atoms with Crippen molar-refractivity contribution < 1.29 is 26.9 Å². The van der Waals surface area contributed by atoms with Crippen molar-refractivity contribution in [1.29, 1.82) is 0 Å². The second-order valence-electron chi connectivity index (χ2n) is 8.49. The molecule has 5 aliphatic rings. The van der Waals surface area contributed by atoms with Gasteiger partial charge in [-0.2, -0.15) is 8.42 Å². The number of rotatable bonds is 4. The van der Waals surface area contributed by atoms with Crippen molar-refractivity contribution in [2.75, 3.05) is 5.75 Å². The van der Waals surface area contributed by atoms with E-state index in [4.69, 9.17) is 8.92 Å². The van der Waals surface area contributed by atoms with Gasteiger partial charge in [-0.15, -0.1) is 0 Å². The summed E-state index contributed by atoms with van der Waals surface area (Å²) in [6, 6.07) is 0. The number of carbonyl (C=O) groups is 2. The highest BCUT2D eigenvalue weighted by molar-refractivity contribution is 8.14. The summed E-state index contributed by atoms with van der Waals surface area (Å²) in [5, 5.41) is -0.336. The van der Waals surface area contributed by atoms with E-state index in [9.17, 15) is 18.0 Å². The van der Waals surface area contributed by atoms with Gasteiger partial charge >= 0.3 is 5.97 Å². The van der Waals surface area contributed by atoms with E-state index in [-0.39, 0.29) is 39.5 Å². The van der Waals surface area contributed by atoms with E-state index < -0.39 is 33.5 Å². The van der Waals surface area contributed by atoms with Gasteiger partial charge in [-0.3, -0.25) is 13.8 Å². The molecule has 1 aliphatic heterocycles. The van der Waals surface area contributed by atoms with Crippen molar-refractivity contribution in [3.8, 4) is 0 Å². The third-order valence-electron chi connectivity index (χ3n) is 7.35. The predicted molar refractivity (Wildman–Crippen MR) is 85.5 cm³/mol. The number of hydrogen-bond acceptors (Lipinski definition) is 7. The summed E-state index contributed by atoms with van der Waals surface area (Å²) in [5.74, 6) is -0.334. The fraction of sp³-hybridized carbons (Fsp3) is 0.875. The maximum absolute atomic E-state index is 12.2. The van der Waals surface area contributed by atoms with Crippen LogP contribution in [-0.2, 0) is 28.6 Å². The Hall–Kier alpha value is -0.600. The van der Waals surface area contributed by atoms with Crippen LogP contribution in [0.3, 0.4) is 0 Å². The van der Waals surface area contributed by atoms with Crippen molar-refractivity contribution >= 4 is 33.0 Å². The second-order valence-corrected chi connectivity index (χ2v) is 11.3. The fourth-order valence-corrected chi connectivity index (χ4v) is 8.61. The van der Waals surface area contributed by atoms with E-state index in [0.717, 1.165) is 24.6 Å². The molecule has 0 aromatic rings. The highest BCUT2D eigenvalue weighted by Gasteiger charge is 2.87. The molecule has 0 spiro atoms. The Morgan fingerprint density at radius 2 is 1.96 bits per heavy atom. The van der Waals surface area contributed by atoms with E-state index in [1.165, 1.54) is 0 Å². The predicted octanol–water partition coefficient (Wildman–Crippen LogP) is 1.34. The average molecular weight is 372 g/mol. The Morgan fingerprint density at radius 3 is 2.58 bits per heavy atom. The van der Waals surface area contributed by atoms with Crippen LogP contribution < -0.4 is 0 Å². The van der Waals surface area contributed by atoms with Crippen LogP contribution in [0, 0.1) is 28.6 Å². The van der Waals surface area contributed by atoms with Gasteiger partial charge in [0.25, 0.3) is 10.1 Å². The minimum Gasteiger partial charge on any atom is -0.459 e. The molecule has 1 heterocycles. The van der Waals surface area contributed by atoms with Crippen LogP contribution in [0.2, 0.25) is 0 Å². The van der Waals surface area contributed by atoms with Gasteiger partial charge in [-0.1, -0.05) is 25.6 Å². The van der Waals surface area contributed by atoms with Crippen molar-refractivity contribution in [2.45, 2.75) is 50.6 Å². The first-order valence-electron chi connectivity index (χ1n) is 8.46. The zero-order chi connectivity index (χ0) is 17.1. The zero-order valence-corrected chi connectivity index (χ0v) is 15.2. The second kappa shape index (κ2) is 4.38. The zero-order valence-electron chi connectivity index (χ0n) is 13.6. The molecule has 4 saturated carbocycles. The standard InChI is InChI=1S/C16H20O6S2/c1-15-6-16(15,2)13(15)14(18)23-5-10(17)21-11-7-3-8-9(4-7)24(19,20)22-12(8)11/h7-9,11-13H,3-6H2,1-2H3. The van der Waals surface area contributed by atoms with Crippen LogP contribution in [0.5, 0.6) is 0 Å². The van der Waals surface area contributed by atoms with E-state index in [1.54, 1.807) is 0 Å². The summed E-state index contributed by atoms with van der Waals surface area (Å²) in [6.45, 7) is 4.25. The van der Waals surface area contributed by atoms with Crippen LogP contribution in [0.1, 0.15) is 33.1 Å². The number of fused-ring (bicyclic) bond motifs is 2. The van der Waals surface area contributed by atoms with Crippen LogP contribution in [0.4, 0.5) is 0 Å². The molecule has 5 rings (SSSR count). The van der Waals surface area contributed by atoms with Crippen LogP contribution in [0.25, 0.3) is 0 Å². The van der Waals surface area contributed by atoms with Gasteiger partial charge in [0.1, 0.15) is 12.2 Å². The molecule has 7 unspecified atom stereocenters. The first-order valence-corrected chi connectivity index (χ1v) is 10.9. The van der Waals surface area contributed by atoms with Gasteiger partial charge in [-0.05, 0) is 30.1 Å². The number of hydrogen-bond donors (Lipinski definition) is 0. The van der Waals surface area contributed by atoms with E-state index in [2.05, 4.69) is 13.8 Å². The SMILES string of the molecule is CC12CC1(C)C2C(=O)SCC(=O)OC1C2CC3C1OS(=O)(=O)C3C2. The number of ether oxygens (including phenoxy) is 1. The molecule has 0 amide bonds. The summed E-state index contributed by atoms with van der Waals surface area (Å²) in [5.41, 5.74) is 0.319. The Kier molecular flexibility index (Phi) is 2.85. The van der Waals surface area contributed by atoms with Crippen molar-refractivity contribution in [3.63, 3.8) is 0 Å². The van der Waals surface area contributed by atoms with Gasteiger partial charge in [0.2, 0.25) is 0 Å². The summed E-state index contributed by atoms with van der Waals surface area (Å²) in [4.78, 5) is 24.3. The third kappa shape index (κ3) is 1.80. The Labute approximate surface area is 145 Å². The first-order chi connectivity index (χ1) is 11.2. The molecule has 1 saturated heterocycles. The minimum absolute atomic E-state index is 0.00171. The molecule has 6 nitrogen and oxygen atoms in total. The van der Waals surface area contributed by atoms with E-state index >= 15 is 0 Å². The first kappa shape index (κ1) is 15.6. The van der Waals surface area contributed by atoms with Crippen molar-refractivity contribution in [1.82, 2.24) is 0 Å². The van der Waals surface area contributed by atoms with Crippen molar-refractivity contribution in [2.24, 2.45) is 28.6 Å². The maximum Gasteiger partial charge on any atom is 0.316 e. The third-order valence-corrected chi connectivity index (χ3v) is 10.0. The lowest BCUT2D eigenvalue weighted by molar-refractivity contribution is -0.152. The molecule has 8 heteroatoms.